The molecule has 0 unspecified atom stereocenters. The summed E-state index contributed by atoms with van der Waals surface area (Å²) in [7, 11) is 0. The van der Waals surface area contributed by atoms with Gasteiger partial charge in [-0.1, -0.05) is 36.4 Å². The third-order valence-corrected chi connectivity index (χ3v) is 4.20. The molecule has 0 radical (unpaired) electrons. The highest BCUT2D eigenvalue weighted by atomic mass is 16.5. The van der Waals surface area contributed by atoms with E-state index in [9.17, 15) is 9.59 Å². The second kappa shape index (κ2) is 9.57. The lowest BCUT2D eigenvalue weighted by molar-refractivity contribution is -0.139. The minimum absolute atomic E-state index is 0.0817. The van der Waals surface area contributed by atoms with Crippen LogP contribution in [0.2, 0.25) is 0 Å². The maximum absolute atomic E-state index is 13.0. The highest BCUT2D eigenvalue weighted by Gasteiger charge is 2.18. The lowest BCUT2D eigenvalue weighted by atomic mass is 10.0. The van der Waals surface area contributed by atoms with Crippen LogP contribution in [0.25, 0.3) is 0 Å². The van der Waals surface area contributed by atoms with Crippen molar-refractivity contribution in [2.45, 2.75) is 20.3 Å². The lowest BCUT2D eigenvalue weighted by Gasteiger charge is -2.22. The summed E-state index contributed by atoms with van der Waals surface area (Å²) in [5.41, 5.74) is 3.20. The van der Waals surface area contributed by atoms with E-state index in [-0.39, 0.29) is 5.91 Å². The van der Waals surface area contributed by atoms with Gasteiger partial charge in [0, 0.05) is 18.7 Å². The highest BCUT2D eigenvalue weighted by molar-refractivity contribution is 5.95. The molecule has 2 rings (SSSR count). The smallest absolute Gasteiger partial charge is 0.341 e. The van der Waals surface area contributed by atoms with Crippen LogP contribution in [0.3, 0.4) is 0 Å². The van der Waals surface area contributed by atoms with Gasteiger partial charge in [-0.15, -0.1) is 6.58 Å². The third-order valence-electron chi connectivity index (χ3n) is 4.20. The van der Waals surface area contributed by atoms with E-state index in [1.165, 1.54) is 5.56 Å². The van der Waals surface area contributed by atoms with Gasteiger partial charge in [0.1, 0.15) is 5.75 Å². The first-order chi connectivity index (χ1) is 12.9. The Labute approximate surface area is 159 Å². The first-order valence-electron chi connectivity index (χ1n) is 8.82. The predicted octanol–water partition coefficient (Wildman–Crippen LogP) is 3.64. The van der Waals surface area contributed by atoms with Gasteiger partial charge in [0.2, 0.25) is 0 Å². The van der Waals surface area contributed by atoms with Crippen molar-refractivity contribution in [3.63, 3.8) is 0 Å². The zero-order chi connectivity index (χ0) is 19.8. The summed E-state index contributed by atoms with van der Waals surface area (Å²) in [6.07, 6.45) is 2.48. The van der Waals surface area contributed by atoms with E-state index in [1.807, 2.05) is 44.2 Å². The summed E-state index contributed by atoms with van der Waals surface area (Å²) in [5.74, 6) is -0.609. The first-order valence-corrected chi connectivity index (χ1v) is 8.82. The number of amides is 1. The van der Waals surface area contributed by atoms with E-state index in [0.29, 0.717) is 24.4 Å². The van der Waals surface area contributed by atoms with Crippen molar-refractivity contribution in [1.29, 1.82) is 0 Å². The zero-order valence-electron chi connectivity index (χ0n) is 15.8. The third kappa shape index (κ3) is 5.71. The number of carboxylic acids is 1. The van der Waals surface area contributed by atoms with E-state index in [0.717, 1.165) is 17.5 Å². The standard InChI is InChI=1S/C22H25NO4/c1-4-11-23(12-10-18-8-6-5-7-9-18)22(26)19-13-16(2)21(17(3)14-19)27-15-20(24)25/h4-9,13-14H,1,10-12,15H2,2-3H3,(H,24,25). The summed E-state index contributed by atoms with van der Waals surface area (Å²) in [6.45, 7) is 8.01. The SMILES string of the molecule is C=CCN(CCc1ccccc1)C(=O)c1cc(C)c(OCC(=O)O)c(C)c1. The molecule has 0 saturated carbocycles. The van der Waals surface area contributed by atoms with Crippen LogP contribution in [-0.2, 0) is 11.2 Å². The highest BCUT2D eigenvalue weighted by Crippen LogP contribution is 2.25. The molecule has 0 bridgehead atoms. The van der Waals surface area contributed by atoms with Crippen LogP contribution >= 0.6 is 0 Å². The summed E-state index contributed by atoms with van der Waals surface area (Å²) < 4.78 is 5.34. The molecular formula is C22H25NO4. The monoisotopic (exact) mass is 367 g/mol. The van der Waals surface area contributed by atoms with Crippen molar-refractivity contribution in [3.05, 3.63) is 77.4 Å². The lowest BCUT2D eigenvalue weighted by Crippen LogP contribution is -2.33. The Morgan fingerprint density at radius 2 is 1.78 bits per heavy atom. The molecule has 0 spiro atoms. The Kier molecular flexibility index (Phi) is 7.17. The fourth-order valence-corrected chi connectivity index (χ4v) is 2.96. The number of hydrogen-bond acceptors (Lipinski definition) is 3. The maximum Gasteiger partial charge on any atom is 0.341 e. The number of rotatable bonds is 9. The molecule has 1 N–H and O–H groups in total. The fourth-order valence-electron chi connectivity index (χ4n) is 2.96. The predicted molar refractivity (Wildman–Crippen MR) is 105 cm³/mol. The van der Waals surface area contributed by atoms with E-state index >= 15 is 0 Å². The van der Waals surface area contributed by atoms with E-state index in [2.05, 4.69) is 6.58 Å². The fraction of sp³-hybridized carbons (Fsp3) is 0.273. The molecule has 0 fully saturated rings. The Morgan fingerprint density at radius 1 is 1.15 bits per heavy atom. The topological polar surface area (TPSA) is 66.8 Å². The molecule has 1 amide bonds. The molecule has 27 heavy (non-hydrogen) atoms. The van der Waals surface area contributed by atoms with Gasteiger partial charge < -0.3 is 14.7 Å². The van der Waals surface area contributed by atoms with E-state index in [4.69, 9.17) is 9.84 Å². The summed E-state index contributed by atoms with van der Waals surface area (Å²) in [4.78, 5) is 25.5. The Morgan fingerprint density at radius 3 is 2.33 bits per heavy atom. The van der Waals surface area contributed by atoms with Gasteiger partial charge in [0.25, 0.3) is 5.91 Å². The van der Waals surface area contributed by atoms with Crippen LogP contribution in [0.1, 0.15) is 27.0 Å². The normalized spacial score (nSPS) is 10.3. The molecule has 142 valence electrons. The quantitative estimate of drug-likeness (QED) is 0.687. The molecule has 0 heterocycles. The van der Waals surface area contributed by atoms with Crippen LogP contribution in [-0.4, -0.2) is 41.6 Å². The van der Waals surface area contributed by atoms with Gasteiger partial charge >= 0.3 is 5.97 Å². The van der Waals surface area contributed by atoms with Crippen LogP contribution in [0.5, 0.6) is 5.75 Å². The van der Waals surface area contributed by atoms with Crippen molar-refractivity contribution >= 4 is 11.9 Å². The summed E-state index contributed by atoms with van der Waals surface area (Å²) >= 11 is 0. The minimum atomic E-state index is -1.04. The van der Waals surface area contributed by atoms with Crippen molar-refractivity contribution < 1.29 is 19.4 Å². The second-order valence-electron chi connectivity index (χ2n) is 6.40. The van der Waals surface area contributed by atoms with Gasteiger partial charge in [-0.3, -0.25) is 4.79 Å². The Hall–Kier alpha value is -3.08. The molecular weight excluding hydrogens is 342 g/mol. The molecule has 0 aromatic heterocycles. The van der Waals surface area contributed by atoms with E-state index in [1.54, 1.807) is 23.1 Å². The molecule has 5 heteroatoms. The van der Waals surface area contributed by atoms with Crippen LogP contribution in [0, 0.1) is 13.8 Å². The summed E-state index contributed by atoms with van der Waals surface area (Å²) in [6, 6.07) is 13.5. The number of carbonyl (C=O) groups excluding carboxylic acids is 1. The molecule has 0 aliphatic heterocycles. The van der Waals surface area contributed by atoms with Crippen LogP contribution < -0.4 is 4.74 Å². The molecule has 2 aromatic rings. The number of carbonyl (C=O) groups is 2. The van der Waals surface area contributed by atoms with Crippen LogP contribution in [0.4, 0.5) is 0 Å². The Balaban J connectivity index is 2.16. The molecule has 0 saturated heterocycles. The average molecular weight is 367 g/mol. The summed E-state index contributed by atoms with van der Waals surface area (Å²) in [5, 5.41) is 8.79. The number of benzene rings is 2. The molecule has 0 aliphatic rings. The number of aryl methyl sites for hydroxylation is 2. The molecule has 0 aliphatic carbocycles. The van der Waals surface area contributed by atoms with Gasteiger partial charge in [-0.2, -0.15) is 0 Å². The minimum Gasteiger partial charge on any atom is -0.481 e. The van der Waals surface area contributed by atoms with Crippen molar-refractivity contribution in [2.75, 3.05) is 19.7 Å². The van der Waals surface area contributed by atoms with Crippen molar-refractivity contribution in [1.82, 2.24) is 4.90 Å². The Bertz CT molecular complexity index is 791. The number of hydrogen-bond donors (Lipinski definition) is 1. The number of nitrogens with zero attached hydrogens (tertiary/aromatic N) is 1. The van der Waals surface area contributed by atoms with Crippen molar-refractivity contribution in [2.24, 2.45) is 0 Å². The molecule has 0 atom stereocenters. The van der Waals surface area contributed by atoms with Crippen molar-refractivity contribution in [3.8, 4) is 5.75 Å². The molecule has 5 nitrogen and oxygen atoms in total. The van der Waals surface area contributed by atoms with Crippen LogP contribution in [0.15, 0.2) is 55.1 Å². The van der Waals surface area contributed by atoms with Gasteiger partial charge in [-0.05, 0) is 49.1 Å². The van der Waals surface area contributed by atoms with Gasteiger partial charge in [0.15, 0.2) is 6.61 Å². The molecule has 2 aromatic carbocycles. The zero-order valence-corrected chi connectivity index (χ0v) is 15.8. The van der Waals surface area contributed by atoms with E-state index < -0.39 is 12.6 Å². The first kappa shape index (κ1) is 20.2. The second-order valence-corrected chi connectivity index (χ2v) is 6.40. The van der Waals surface area contributed by atoms with Gasteiger partial charge in [0.05, 0.1) is 0 Å². The largest absolute Gasteiger partial charge is 0.481 e. The maximum atomic E-state index is 13.0. The van der Waals surface area contributed by atoms with Gasteiger partial charge in [-0.25, -0.2) is 4.79 Å². The number of carboxylic acid groups (broad SMARTS) is 1. The number of aliphatic carboxylic acids is 1. The average Bonchev–Trinajstić information content (AvgIpc) is 2.64. The number of ether oxygens (including phenoxy) is 1.